The van der Waals surface area contributed by atoms with Gasteiger partial charge in [0, 0.05) is 18.8 Å². The van der Waals surface area contributed by atoms with Gasteiger partial charge in [-0.2, -0.15) is 0 Å². The first-order valence-electron chi connectivity index (χ1n) is 4.64. The molecule has 0 amide bonds. The lowest BCUT2D eigenvalue weighted by Gasteiger charge is -2.23. The second kappa shape index (κ2) is 3.54. The van der Waals surface area contributed by atoms with Crippen molar-refractivity contribution in [3.63, 3.8) is 0 Å². The Morgan fingerprint density at radius 2 is 2.38 bits per heavy atom. The van der Waals surface area contributed by atoms with E-state index in [4.69, 9.17) is 11.6 Å². The molecule has 1 unspecified atom stereocenters. The van der Waals surface area contributed by atoms with Crippen LogP contribution in [-0.4, -0.2) is 17.6 Å². The summed E-state index contributed by atoms with van der Waals surface area (Å²) in [5.41, 5.74) is 1.15. The van der Waals surface area contributed by atoms with Crippen LogP contribution in [0, 0.1) is 0 Å². The predicted molar refractivity (Wildman–Crippen MR) is 55.3 cm³/mol. The minimum absolute atomic E-state index is 0.625. The van der Waals surface area contributed by atoms with Crippen LogP contribution in [0.1, 0.15) is 19.8 Å². The van der Waals surface area contributed by atoms with Crippen molar-refractivity contribution in [1.82, 2.24) is 4.98 Å². The van der Waals surface area contributed by atoms with E-state index in [1.165, 1.54) is 12.8 Å². The molecule has 2 nitrogen and oxygen atoms in total. The maximum Gasteiger partial charge on any atom is 0.0609 e. The Kier molecular flexibility index (Phi) is 2.40. The molecular weight excluding hydrogens is 184 g/mol. The van der Waals surface area contributed by atoms with E-state index in [0.717, 1.165) is 17.3 Å². The summed E-state index contributed by atoms with van der Waals surface area (Å²) < 4.78 is 0. The highest BCUT2D eigenvalue weighted by molar-refractivity contribution is 6.30. The molecule has 2 rings (SSSR count). The van der Waals surface area contributed by atoms with E-state index in [2.05, 4.69) is 16.8 Å². The van der Waals surface area contributed by atoms with E-state index in [1.807, 2.05) is 12.3 Å². The second-order valence-electron chi connectivity index (χ2n) is 3.55. The van der Waals surface area contributed by atoms with Gasteiger partial charge < -0.3 is 4.90 Å². The summed E-state index contributed by atoms with van der Waals surface area (Å²) in [7, 11) is 0. The summed E-state index contributed by atoms with van der Waals surface area (Å²) in [5.74, 6) is 0. The maximum absolute atomic E-state index is 5.88. The van der Waals surface area contributed by atoms with Crippen molar-refractivity contribution >= 4 is 17.3 Å². The van der Waals surface area contributed by atoms with E-state index < -0.39 is 0 Å². The van der Waals surface area contributed by atoms with Gasteiger partial charge >= 0.3 is 0 Å². The average molecular weight is 197 g/mol. The normalized spacial score (nSPS) is 22.3. The smallest absolute Gasteiger partial charge is 0.0609 e. The maximum atomic E-state index is 5.88. The predicted octanol–water partition coefficient (Wildman–Crippen LogP) is 2.72. The Bertz CT molecular complexity index is 301. The standard InChI is InChI=1S/C10H13ClN2/c1-8-3-2-4-13(8)10-5-9(11)6-12-7-10/h5-8H,2-4H2,1H3. The van der Waals surface area contributed by atoms with Gasteiger partial charge in [-0.1, -0.05) is 11.6 Å². The van der Waals surface area contributed by atoms with Crippen LogP contribution in [-0.2, 0) is 0 Å². The third-order valence-electron chi connectivity index (χ3n) is 2.58. The van der Waals surface area contributed by atoms with Gasteiger partial charge in [-0.05, 0) is 25.8 Å². The lowest BCUT2D eigenvalue weighted by atomic mass is 10.2. The summed E-state index contributed by atoms with van der Waals surface area (Å²) in [6, 6.07) is 2.61. The Morgan fingerprint density at radius 3 is 3.00 bits per heavy atom. The molecule has 0 spiro atoms. The molecule has 0 radical (unpaired) electrons. The molecule has 0 aromatic carbocycles. The molecule has 0 aliphatic carbocycles. The molecule has 1 saturated heterocycles. The first kappa shape index (κ1) is 8.82. The highest BCUT2D eigenvalue weighted by Crippen LogP contribution is 2.26. The second-order valence-corrected chi connectivity index (χ2v) is 3.98. The number of nitrogens with zero attached hydrogens (tertiary/aromatic N) is 2. The molecule has 1 aromatic heterocycles. The summed E-state index contributed by atoms with van der Waals surface area (Å²) in [6.07, 6.45) is 6.10. The van der Waals surface area contributed by atoms with Crippen LogP contribution in [0.3, 0.4) is 0 Å². The molecule has 0 bridgehead atoms. The van der Waals surface area contributed by atoms with Gasteiger partial charge in [0.1, 0.15) is 0 Å². The van der Waals surface area contributed by atoms with Gasteiger partial charge in [-0.3, -0.25) is 4.98 Å². The Morgan fingerprint density at radius 1 is 1.54 bits per heavy atom. The number of hydrogen-bond donors (Lipinski definition) is 0. The number of anilines is 1. The third kappa shape index (κ3) is 1.78. The van der Waals surface area contributed by atoms with Gasteiger partial charge in [-0.25, -0.2) is 0 Å². The molecule has 13 heavy (non-hydrogen) atoms. The van der Waals surface area contributed by atoms with E-state index in [9.17, 15) is 0 Å². The van der Waals surface area contributed by atoms with E-state index in [-0.39, 0.29) is 0 Å². The summed E-state index contributed by atoms with van der Waals surface area (Å²) in [5, 5.41) is 0.719. The first-order chi connectivity index (χ1) is 6.27. The monoisotopic (exact) mass is 196 g/mol. The SMILES string of the molecule is CC1CCCN1c1cncc(Cl)c1. The van der Waals surface area contributed by atoms with Crippen molar-refractivity contribution in [1.29, 1.82) is 0 Å². The Hall–Kier alpha value is -0.760. The molecule has 1 aromatic rings. The molecule has 1 fully saturated rings. The van der Waals surface area contributed by atoms with Gasteiger partial charge in [0.05, 0.1) is 16.9 Å². The fraction of sp³-hybridized carbons (Fsp3) is 0.500. The fourth-order valence-corrected chi connectivity index (χ4v) is 2.04. The van der Waals surface area contributed by atoms with Crippen LogP contribution in [0.4, 0.5) is 5.69 Å². The van der Waals surface area contributed by atoms with Crippen molar-refractivity contribution in [2.45, 2.75) is 25.8 Å². The molecule has 1 aliphatic heterocycles. The lowest BCUT2D eigenvalue weighted by molar-refractivity contribution is 0.734. The van der Waals surface area contributed by atoms with Crippen LogP contribution in [0.5, 0.6) is 0 Å². The quantitative estimate of drug-likeness (QED) is 0.687. The number of aromatic nitrogens is 1. The largest absolute Gasteiger partial charge is 0.368 e. The summed E-state index contributed by atoms with van der Waals surface area (Å²) in [6.45, 7) is 3.37. The molecule has 1 atom stereocenters. The number of halogens is 1. The van der Waals surface area contributed by atoms with Crippen LogP contribution in [0.25, 0.3) is 0 Å². The molecule has 70 valence electrons. The average Bonchev–Trinajstić information content (AvgIpc) is 2.51. The number of rotatable bonds is 1. The minimum atomic E-state index is 0.625. The number of hydrogen-bond acceptors (Lipinski definition) is 2. The molecule has 3 heteroatoms. The van der Waals surface area contributed by atoms with Crippen molar-refractivity contribution in [2.75, 3.05) is 11.4 Å². The van der Waals surface area contributed by atoms with Gasteiger partial charge in [0.25, 0.3) is 0 Å². The van der Waals surface area contributed by atoms with Gasteiger partial charge in [0.2, 0.25) is 0 Å². The zero-order valence-corrected chi connectivity index (χ0v) is 8.46. The third-order valence-corrected chi connectivity index (χ3v) is 2.78. The van der Waals surface area contributed by atoms with Gasteiger partial charge in [0.15, 0.2) is 0 Å². The molecular formula is C10H13ClN2. The summed E-state index contributed by atoms with van der Waals surface area (Å²) in [4.78, 5) is 6.45. The van der Waals surface area contributed by atoms with E-state index >= 15 is 0 Å². The Labute approximate surface area is 83.5 Å². The van der Waals surface area contributed by atoms with Crippen LogP contribution >= 0.6 is 11.6 Å². The van der Waals surface area contributed by atoms with Crippen molar-refractivity contribution in [2.24, 2.45) is 0 Å². The lowest BCUT2D eigenvalue weighted by Crippen LogP contribution is -2.26. The van der Waals surface area contributed by atoms with E-state index in [0.29, 0.717) is 6.04 Å². The first-order valence-corrected chi connectivity index (χ1v) is 5.02. The van der Waals surface area contributed by atoms with E-state index in [1.54, 1.807) is 6.20 Å². The van der Waals surface area contributed by atoms with Crippen LogP contribution in [0.15, 0.2) is 18.5 Å². The van der Waals surface area contributed by atoms with Crippen molar-refractivity contribution in [3.05, 3.63) is 23.5 Å². The molecule has 0 N–H and O–H groups in total. The molecule has 1 aliphatic rings. The molecule has 0 saturated carbocycles. The molecule has 2 heterocycles. The van der Waals surface area contributed by atoms with Crippen molar-refractivity contribution < 1.29 is 0 Å². The van der Waals surface area contributed by atoms with Crippen molar-refractivity contribution in [3.8, 4) is 0 Å². The van der Waals surface area contributed by atoms with Crippen LogP contribution < -0.4 is 4.90 Å². The Balaban J connectivity index is 2.24. The fourth-order valence-electron chi connectivity index (χ4n) is 1.87. The zero-order chi connectivity index (χ0) is 9.26. The number of pyridine rings is 1. The zero-order valence-electron chi connectivity index (χ0n) is 7.70. The highest BCUT2D eigenvalue weighted by atomic mass is 35.5. The topological polar surface area (TPSA) is 16.1 Å². The highest BCUT2D eigenvalue weighted by Gasteiger charge is 2.20. The minimum Gasteiger partial charge on any atom is -0.368 e. The van der Waals surface area contributed by atoms with Gasteiger partial charge in [-0.15, -0.1) is 0 Å². The summed E-state index contributed by atoms with van der Waals surface area (Å²) >= 11 is 5.88. The van der Waals surface area contributed by atoms with Crippen LogP contribution in [0.2, 0.25) is 5.02 Å².